The standard InChI is InChI=1S/C19H28N2O4/c1-19(2,3)25-18(23)21-11-5-10-20(12-13-21)17(22)14-15-6-8-16(24-4)9-7-15/h6-9H,5,10-14H2,1-4H3. The normalized spacial score (nSPS) is 15.5. The van der Waals surface area contributed by atoms with E-state index in [4.69, 9.17) is 9.47 Å². The molecule has 25 heavy (non-hydrogen) atoms. The average Bonchev–Trinajstić information content (AvgIpc) is 2.80. The van der Waals surface area contributed by atoms with Gasteiger partial charge in [-0.3, -0.25) is 4.79 Å². The number of rotatable bonds is 3. The van der Waals surface area contributed by atoms with Gasteiger partial charge in [-0.15, -0.1) is 0 Å². The molecule has 2 rings (SSSR count). The molecule has 1 aromatic carbocycles. The average molecular weight is 348 g/mol. The predicted molar refractivity (Wildman–Crippen MR) is 95.7 cm³/mol. The molecule has 138 valence electrons. The maximum Gasteiger partial charge on any atom is 0.410 e. The molecular weight excluding hydrogens is 320 g/mol. The Kier molecular flexibility index (Phi) is 6.28. The monoisotopic (exact) mass is 348 g/mol. The Morgan fingerprint density at radius 2 is 1.60 bits per heavy atom. The van der Waals surface area contributed by atoms with Gasteiger partial charge in [0.2, 0.25) is 5.91 Å². The van der Waals surface area contributed by atoms with E-state index < -0.39 is 5.60 Å². The fourth-order valence-electron chi connectivity index (χ4n) is 2.71. The Labute approximate surface area is 149 Å². The van der Waals surface area contributed by atoms with Gasteiger partial charge in [0, 0.05) is 26.2 Å². The van der Waals surface area contributed by atoms with Gasteiger partial charge < -0.3 is 19.3 Å². The Balaban J connectivity index is 1.88. The quantitative estimate of drug-likeness (QED) is 0.843. The number of carbonyl (C=O) groups is 2. The van der Waals surface area contributed by atoms with Crippen LogP contribution in [0.5, 0.6) is 5.75 Å². The molecule has 1 aliphatic rings. The van der Waals surface area contributed by atoms with Crippen molar-refractivity contribution in [2.24, 2.45) is 0 Å². The maximum absolute atomic E-state index is 12.5. The molecule has 1 aliphatic heterocycles. The summed E-state index contributed by atoms with van der Waals surface area (Å²) in [6, 6.07) is 7.52. The summed E-state index contributed by atoms with van der Waals surface area (Å²) >= 11 is 0. The van der Waals surface area contributed by atoms with Crippen LogP contribution in [0.15, 0.2) is 24.3 Å². The summed E-state index contributed by atoms with van der Waals surface area (Å²) in [5, 5.41) is 0. The van der Waals surface area contributed by atoms with Crippen LogP contribution in [0, 0.1) is 0 Å². The van der Waals surface area contributed by atoms with E-state index in [-0.39, 0.29) is 12.0 Å². The van der Waals surface area contributed by atoms with E-state index in [2.05, 4.69) is 0 Å². The lowest BCUT2D eigenvalue weighted by Crippen LogP contribution is -2.40. The first-order valence-electron chi connectivity index (χ1n) is 8.67. The molecule has 0 unspecified atom stereocenters. The van der Waals surface area contributed by atoms with Crippen molar-refractivity contribution in [1.29, 1.82) is 0 Å². The zero-order valence-electron chi connectivity index (χ0n) is 15.6. The fourth-order valence-corrected chi connectivity index (χ4v) is 2.71. The zero-order valence-corrected chi connectivity index (χ0v) is 15.6. The van der Waals surface area contributed by atoms with Crippen LogP contribution in [-0.4, -0.2) is 60.7 Å². The van der Waals surface area contributed by atoms with E-state index >= 15 is 0 Å². The third kappa shape index (κ3) is 5.96. The van der Waals surface area contributed by atoms with E-state index in [0.29, 0.717) is 32.6 Å². The van der Waals surface area contributed by atoms with Crippen molar-refractivity contribution >= 4 is 12.0 Å². The van der Waals surface area contributed by atoms with Crippen LogP contribution in [-0.2, 0) is 16.0 Å². The number of nitrogens with zero attached hydrogens (tertiary/aromatic N) is 2. The maximum atomic E-state index is 12.5. The van der Waals surface area contributed by atoms with Crippen LogP contribution >= 0.6 is 0 Å². The van der Waals surface area contributed by atoms with E-state index in [1.54, 1.807) is 12.0 Å². The molecule has 1 fully saturated rings. The molecule has 0 radical (unpaired) electrons. The van der Waals surface area contributed by atoms with Crippen LogP contribution in [0.3, 0.4) is 0 Å². The van der Waals surface area contributed by atoms with Crippen molar-refractivity contribution in [1.82, 2.24) is 9.80 Å². The van der Waals surface area contributed by atoms with Gasteiger partial charge in [-0.2, -0.15) is 0 Å². The molecule has 0 aromatic heterocycles. The van der Waals surface area contributed by atoms with Crippen molar-refractivity contribution in [3.8, 4) is 5.75 Å². The third-order valence-electron chi connectivity index (χ3n) is 4.01. The molecule has 6 heteroatoms. The minimum atomic E-state index is -0.507. The molecule has 1 aromatic rings. The van der Waals surface area contributed by atoms with Crippen LogP contribution in [0.25, 0.3) is 0 Å². The van der Waals surface area contributed by atoms with E-state index in [1.165, 1.54) is 0 Å². The van der Waals surface area contributed by atoms with Crippen LogP contribution < -0.4 is 4.74 Å². The van der Waals surface area contributed by atoms with Crippen LogP contribution in [0.4, 0.5) is 4.79 Å². The number of carbonyl (C=O) groups excluding carboxylic acids is 2. The highest BCUT2D eigenvalue weighted by Gasteiger charge is 2.25. The highest BCUT2D eigenvalue weighted by Crippen LogP contribution is 2.15. The smallest absolute Gasteiger partial charge is 0.410 e. The van der Waals surface area contributed by atoms with Gasteiger partial charge in [-0.05, 0) is 44.9 Å². The summed E-state index contributed by atoms with van der Waals surface area (Å²) in [6.07, 6.45) is 0.807. The number of benzene rings is 1. The predicted octanol–water partition coefficient (Wildman–Crippen LogP) is 2.71. The first-order chi connectivity index (χ1) is 11.8. The topological polar surface area (TPSA) is 59.1 Å². The zero-order chi connectivity index (χ0) is 18.4. The molecule has 0 N–H and O–H groups in total. The lowest BCUT2D eigenvalue weighted by molar-refractivity contribution is -0.130. The van der Waals surface area contributed by atoms with Crippen molar-refractivity contribution in [2.45, 2.75) is 39.2 Å². The van der Waals surface area contributed by atoms with Crippen molar-refractivity contribution in [3.63, 3.8) is 0 Å². The van der Waals surface area contributed by atoms with Crippen molar-refractivity contribution in [3.05, 3.63) is 29.8 Å². The molecule has 0 bridgehead atoms. The summed E-state index contributed by atoms with van der Waals surface area (Å²) in [4.78, 5) is 28.2. The molecule has 0 spiro atoms. The minimum absolute atomic E-state index is 0.0798. The Morgan fingerprint density at radius 1 is 1.00 bits per heavy atom. The second-order valence-corrected chi connectivity index (χ2v) is 7.23. The molecule has 0 saturated carbocycles. The Bertz CT molecular complexity index is 592. The minimum Gasteiger partial charge on any atom is -0.497 e. The van der Waals surface area contributed by atoms with E-state index in [0.717, 1.165) is 17.7 Å². The van der Waals surface area contributed by atoms with Gasteiger partial charge in [0.05, 0.1) is 13.5 Å². The molecule has 1 heterocycles. The second-order valence-electron chi connectivity index (χ2n) is 7.23. The molecular formula is C19H28N2O4. The number of ether oxygens (including phenoxy) is 2. The summed E-state index contributed by atoms with van der Waals surface area (Å²) < 4.78 is 10.5. The van der Waals surface area contributed by atoms with Gasteiger partial charge in [-0.1, -0.05) is 12.1 Å². The van der Waals surface area contributed by atoms with Gasteiger partial charge in [0.1, 0.15) is 11.4 Å². The Morgan fingerprint density at radius 3 is 2.20 bits per heavy atom. The van der Waals surface area contributed by atoms with Gasteiger partial charge >= 0.3 is 6.09 Å². The first-order valence-corrected chi connectivity index (χ1v) is 8.67. The lowest BCUT2D eigenvalue weighted by Gasteiger charge is -2.26. The Hall–Kier alpha value is -2.24. The van der Waals surface area contributed by atoms with Crippen LogP contribution in [0.1, 0.15) is 32.8 Å². The number of amides is 2. The summed E-state index contributed by atoms with van der Waals surface area (Å²) in [6.45, 7) is 7.88. The number of methoxy groups -OCH3 is 1. The molecule has 1 saturated heterocycles. The van der Waals surface area contributed by atoms with E-state index in [1.807, 2.05) is 49.9 Å². The number of hydrogen-bond donors (Lipinski definition) is 0. The third-order valence-corrected chi connectivity index (χ3v) is 4.01. The van der Waals surface area contributed by atoms with E-state index in [9.17, 15) is 9.59 Å². The highest BCUT2D eigenvalue weighted by molar-refractivity contribution is 5.79. The molecule has 6 nitrogen and oxygen atoms in total. The van der Waals surface area contributed by atoms with Gasteiger partial charge in [0.15, 0.2) is 0 Å². The fraction of sp³-hybridized carbons (Fsp3) is 0.579. The van der Waals surface area contributed by atoms with Crippen molar-refractivity contribution < 1.29 is 19.1 Å². The lowest BCUT2D eigenvalue weighted by atomic mass is 10.1. The van der Waals surface area contributed by atoms with Gasteiger partial charge in [0.25, 0.3) is 0 Å². The van der Waals surface area contributed by atoms with Crippen LogP contribution in [0.2, 0.25) is 0 Å². The SMILES string of the molecule is COc1ccc(CC(=O)N2CCCN(C(=O)OC(C)(C)C)CC2)cc1. The summed E-state index contributed by atoms with van der Waals surface area (Å²) in [5.74, 6) is 0.857. The molecule has 0 atom stereocenters. The number of hydrogen-bond acceptors (Lipinski definition) is 4. The first kappa shape index (κ1) is 19.1. The largest absolute Gasteiger partial charge is 0.497 e. The molecule has 2 amide bonds. The highest BCUT2D eigenvalue weighted by atomic mass is 16.6. The summed E-state index contributed by atoms with van der Waals surface area (Å²) in [5.41, 5.74) is 0.451. The van der Waals surface area contributed by atoms with Gasteiger partial charge in [-0.25, -0.2) is 4.79 Å². The second kappa shape index (κ2) is 8.23. The molecule has 0 aliphatic carbocycles. The van der Waals surface area contributed by atoms with Crippen molar-refractivity contribution in [2.75, 3.05) is 33.3 Å². The summed E-state index contributed by atoms with van der Waals surface area (Å²) in [7, 11) is 1.62.